The van der Waals surface area contributed by atoms with Gasteiger partial charge in [0.1, 0.15) is 5.60 Å². The maximum atomic E-state index is 13.3. The Hall–Kier alpha value is -3.61. The second kappa shape index (κ2) is 8.15. The number of aryl methyl sites for hydroxylation is 2. The summed E-state index contributed by atoms with van der Waals surface area (Å²) in [6, 6.07) is 15.4. The fourth-order valence-electron chi connectivity index (χ4n) is 3.86. The van der Waals surface area contributed by atoms with Crippen molar-refractivity contribution >= 4 is 23.2 Å². The molecule has 3 heterocycles. The number of urea groups is 1. The van der Waals surface area contributed by atoms with E-state index < -0.39 is 5.60 Å². The normalized spacial score (nSPS) is 14.4. The Morgan fingerprint density at radius 1 is 1.06 bits per heavy atom. The van der Waals surface area contributed by atoms with Gasteiger partial charge in [-0.15, -0.1) is 0 Å². The third-order valence-corrected chi connectivity index (χ3v) is 5.26. The van der Waals surface area contributed by atoms with Gasteiger partial charge in [-0.3, -0.25) is 9.88 Å². The van der Waals surface area contributed by atoms with Crippen LogP contribution < -0.4 is 19.9 Å². The number of amides is 2. The smallest absolute Gasteiger partial charge is 0.327 e. The summed E-state index contributed by atoms with van der Waals surface area (Å²) in [6.07, 6.45) is 0. The van der Waals surface area contributed by atoms with Gasteiger partial charge in [-0.05, 0) is 64.1 Å². The highest BCUT2D eigenvalue weighted by Gasteiger charge is 2.36. The quantitative estimate of drug-likeness (QED) is 0.629. The topological polar surface area (TPSA) is 70.6 Å². The summed E-state index contributed by atoms with van der Waals surface area (Å²) < 4.78 is 6.14. The van der Waals surface area contributed by atoms with Crippen molar-refractivity contribution in [2.45, 2.75) is 33.3 Å². The lowest BCUT2D eigenvalue weighted by Gasteiger charge is -2.38. The monoisotopic (exact) mass is 431 g/mol. The fourth-order valence-corrected chi connectivity index (χ4v) is 3.86. The van der Waals surface area contributed by atoms with Crippen molar-refractivity contribution < 1.29 is 9.53 Å². The predicted molar refractivity (Wildman–Crippen MR) is 129 cm³/mol. The number of hydrogen-bond donors (Lipinski definition) is 1. The van der Waals surface area contributed by atoms with E-state index >= 15 is 0 Å². The number of pyridine rings is 2. The number of aromatic nitrogens is 2. The second-order valence-corrected chi connectivity index (χ2v) is 8.98. The molecule has 0 atom stereocenters. The van der Waals surface area contributed by atoms with Crippen LogP contribution in [0.2, 0.25) is 0 Å². The zero-order valence-corrected chi connectivity index (χ0v) is 19.4. The zero-order chi connectivity index (χ0) is 23.0. The first-order valence-corrected chi connectivity index (χ1v) is 10.6. The van der Waals surface area contributed by atoms with Gasteiger partial charge in [0.15, 0.2) is 11.6 Å². The molecule has 0 saturated heterocycles. The largest absolute Gasteiger partial charge is 0.482 e. The molecule has 0 fully saturated rings. The Morgan fingerprint density at radius 3 is 2.47 bits per heavy atom. The highest BCUT2D eigenvalue weighted by atomic mass is 16.5. The molecular weight excluding hydrogens is 402 g/mol. The number of ether oxygens (including phenoxy) is 1. The van der Waals surface area contributed by atoms with Crippen LogP contribution in [0.15, 0.2) is 48.5 Å². The average Bonchev–Trinajstić information content (AvgIpc) is 2.71. The lowest BCUT2D eigenvalue weighted by atomic mass is 10.1. The number of anilines is 3. The summed E-state index contributed by atoms with van der Waals surface area (Å²) in [7, 11) is 4.01. The molecule has 32 heavy (non-hydrogen) atoms. The molecule has 7 heteroatoms. The van der Waals surface area contributed by atoms with Crippen LogP contribution in [-0.4, -0.2) is 42.2 Å². The first-order valence-electron chi connectivity index (χ1n) is 10.6. The van der Waals surface area contributed by atoms with E-state index in [4.69, 9.17) is 9.72 Å². The minimum atomic E-state index is -0.539. The fraction of sp³-hybridized carbons (Fsp3) is 0.320. The molecule has 3 aromatic rings. The molecule has 1 aliphatic heterocycles. The number of hydrogen-bond acceptors (Lipinski definition) is 5. The van der Waals surface area contributed by atoms with E-state index in [2.05, 4.69) is 16.4 Å². The van der Waals surface area contributed by atoms with Crippen LogP contribution in [-0.2, 0) is 0 Å². The van der Waals surface area contributed by atoms with Crippen LogP contribution in [0.3, 0.4) is 0 Å². The SMILES string of the molecule is Cc1cc(NC(=O)N2CC(C)(C)Oc3ccc(-c4cccc(N(C)C)c4)nc32)cc(C)n1. The Bertz CT molecular complexity index is 1150. The van der Waals surface area contributed by atoms with Gasteiger partial charge in [-0.1, -0.05) is 12.1 Å². The molecule has 2 aromatic heterocycles. The van der Waals surface area contributed by atoms with Gasteiger partial charge in [0.2, 0.25) is 0 Å². The van der Waals surface area contributed by atoms with Gasteiger partial charge in [0.25, 0.3) is 0 Å². The Labute approximate surface area is 189 Å². The van der Waals surface area contributed by atoms with Crippen molar-refractivity contribution in [1.82, 2.24) is 9.97 Å². The van der Waals surface area contributed by atoms with Crippen molar-refractivity contribution in [2.75, 3.05) is 35.8 Å². The van der Waals surface area contributed by atoms with E-state index in [1.807, 2.05) is 89.2 Å². The van der Waals surface area contributed by atoms with Crippen LogP contribution in [0.5, 0.6) is 5.75 Å². The maximum absolute atomic E-state index is 13.3. The number of carbonyl (C=O) groups is 1. The van der Waals surface area contributed by atoms with Crippen molar-refractivity contribution in [1.29, 1.82) is 0 Å². The third-order valence-electron chi connectivity index (χ3n) is 5.26. The first-order chi connectivity index (χ1) is 15.1. The van der Waals surface area contributed by atoms with Gasteiger partial charge in [0, 0.05) is 42.4 Å². The van der Waals surface area contributed by atoms with Crippen LogP contribution >= 0.6 is 0 Å². The second-order valence-electron chi connectivity index (χ2n) is 8.98. The molecule has 2 amide bonds. The molecule has 7 nitrogen and oxygen atoms in total. The number of nitrogens with zero attached hydrogens (tertiary/aromatic N) is 4. The highest BCUT2D eigenvalue weighted by Crippen LogP contribution is 2.38. The van der Waals surface area contributed by atoms with Gasteiger partial charge >= 0.3 is 6.03 Å². The number of carbonyl (C=O) groups excluding carboxylic acids is 1. The Balaban J connectivity index is 1.71. The molecule has 0 aliphatic carbocycles. The van der Waals surface area contributed by atoms with Gasteiger partial charge in [-0.2, -0.15) is 0 Å². The summed E-state index contributed by atoms with van der Waals surface area (Å²) in [5, 5.41) is 3.00. The summed E-state index contributed by atoms with van der Waals surface area (Å²) in [5.74, 6) is 1.10. The van der Waals surface area contributed by atoms with E-state index in [9.17, 15) is 4.79 Å². The van der Waals surface area contributed by atoms with Crippen LogP contribution in [0.25, 0.3) is 11.3 Å². The van der Waals surface area contributed by atoms with Crippen LogP contribution in [0.1, 0.15) is 25.2 Å². The van der Waals surface area contributed by atoms with E-state index in [1.54, 1.807) is 4.90 Å². The van der Waals surface area contributed by atoms with Crippen molar-refractivity contribution in [3.8, 4) is 17.0 Å². The molecule has 1 N–H and O–H groups in total. The van der Waals surface area contributed by atoms with Gasteiger partial charge < -0.3 is 15.0 Å². The minimum Gasteiger partial charge on any atom is -0.482 e. The molecule has 4 rings (SSSR count). The number of rotatable bonds is 3. The molecule has 166 valence electrons. The van der Waals surface area contributed by atoms with E-state index in [0.29, 0.717) is 23.8 Å². The summed E-state index contributed by atoms with van der Waals surface area (Å²) in [5.41, 5.74) is 4.71. The average molecular weight is 432 g/mol. The molecule has 0 bridgehead atoms. The summed E-state index contributed by atoms with van der Waals surface area (Å²) in [6.45, 7) is 8.12. The Kier molecular flexibility index (Phi) is 5.50. The molecule has 0 spiro atoms. The van der Waals surface area contributed by atoms with E-state index in [1.165, 1.54) is 0 Å². The maximum Gasteiger partial charge on any atom is 0.327 e. The number of fused-ring (bicyclic) bond motifs is 1. The Morgan fingerprint density at radius 2 is 1.78 bits per heavy atom. The zero-order valence-electron chi connectivity index (χ0n) is 19.4. The predicted octanol–water partition coefficient (Wildman–Crippen LogP) is 5.04. The summed E-state index contributed by atoms with van der Waals surface area (Å²) >= 11 is 0. The number of benzene rings is 1. The lowest BCUT2D eigenvalue weighted by molar-refractivity contribution is 0.106. The summed E-state index contributed by atoms with van der Waals surface area (Å²) in [4.78, 5) is 26.2. The van der Waals surface area contributed by atoms with Crippen molar-refractivity contribution in [3.05, 3.63) is 59.9 Å². The molecular formula is C25H29N5O2. The van der Waals surface area contributed by atoms with Gasteiger partial charge in [-0.25, -0.2) is 9.78 Å². The standard InChI is InChI=1S/C25H29N5O2/c1-16-12-19(13-17(2)26-16)27-24(31)30-15-25(3,4)32-22-11-10-21(28-23(22)30)18-8-7-9-20(14-18)29(5)6/h7-14H,15H2,1-6H3,(H,26,27,31). The molecule has 0 radical (unpaired) electrons. The van der Waals surface area contributed by atoms with Crippen molar-refractivity contribution in [2.24, 2.45) is 0 Å². The van der Waals surface area contributed by atoms with E-state index in [0.717, 1.165) is 28.3 Å². The van der Waals surface area contributed by atoms with Gasteiger partial charge in [0.05, 0.1) is 12.2 Å². The molecule has 1 aliphatic rings. The lowest BCUT2D eigenvalue weighted by Crippen LogP contribution is -2.51. The van der Waals surface area contributed by atoms with Crippen LogP contribution in [0.4, 0.5) is 22.0 Å². The first kappa shape index (κ1) is 21.6. The molecule has 1 aromatic carbocycles. The van der Waals surface area contributed by atoms with E-state index in [-0.39, 0.29) is 6.03 Å². The number of nitrogens with one attached hydrogen (secondary N) is 1. The van der Waals surface area contributed by atoms with Crippen molar-refractivity contribution in [3.63, 3.8) is 0 Å². The third kappa shape index (κ3) is 4.51. The minimum absolute atomic E-state index is 0.251. The molecule has 0 unspecified atom stereocenters. The van der Waals surface area contributed by atoms with Crippen LogP contribution in [0, 0.1) is 13.8 Å². The highest BCUT2D eigenvalue weighted by molar-refractivity contribution is 6.02. The molecule has 0 saturated carbocycles.